The lowest BCUT2D eigenvalue weighted by Gasteiger charge is -2.04. The van der Waals surface area contributed by atoms with Gasteiger partial charge >= 0.3 is 0 Å². The highest BCUT2D eigenvalue weighted by Crippen LogP contribution is 2.30. The van der Waals surface area contributed by atoms with Crippen LogP contribution < -0.4 is 0 Å². The van der Waals surface area contributed by atoms with Gasteiger partial charge in [0.05, 0.1) is 0 Å². The van der Waals surface area contributed by atoms with E-state index in [1.165, 1.54) is 6.07 Å². The predicted octanol–water partition coefficient (Wildman–Crippen LogP) is 4.09. The second-order valence-corrected chi connectivity index (χ2v) is 4.36. The quantitative estimate of drug-likeness (QED) is 0.730. The molecule has 2 rings (SSSR count). The molecule has 2 aromatic rings. The van der Waals surface area contributed by atoms with Crippen LogP contribution >= 0.6 is 11.8 Å². The molecule has 2 aromatic carbocycles. The van der Waals surface area contributed by atoms with Crippen molar-refractivity contribution in [1.82, 2.24) is 0 Å². The number of aryl methyl sites for hydroxylation is 1. The average molecular weight is 217 g/mol. The topological polar surface area (TPSA) is 0 Å². The third-order valence-electron chi connectivity index (χ3n) is 2.07. The van der Waals surface area contributed by atoms with Crippen LogP contribution in [0, 0.1) is 18.8 Å². The van der Waals surface area contributed by atoms with Gasteiger partial charge in [-0.2, -0.15) is 0 Å². The van der Waals surface area contributed by atoms with Crippen molar-refractivity contribution in [1.29, 1.82) is 0 Å². The van der Waals surface area contributed by atoms with Crippen molar-refractivity contribution in [3.63, 3.8) is 0 Å². The molecule has 0 aliphatic rings. The molecule has 2 heteroatoms. The lowest BCUT2D eigenvalue weighted by atomic mass is 10.2. The number of rotatable bonds is 2. The summed E-state index contributed by atoms with van der Waals surface area (Å²) >= 11 is 1.57. The molecule has 0 aliphatic heterocycles. The molecule has 0 nitrogen and oxygen atoms in total. The summed E-state index contributed by atoms with van der Waals surface area (Å²) in [6.45, 7) is 1.98. The molecule has 0 spiro atoms. The van der Waals surface area contributed by atoms with Crippen molar-refractivity contribution >= 4 is 11.8 Å². The minimum atomic E-state index is -0.189. The third kappa shape index (κ3) is 2.60. The number of hydrogen-bond donors (Lipinski definition) is 0. The molecule has 0 fully saturated rings. The summed E-state index contributed by atoms with van der Waals surface area (Å²) in [5, 5.41) is 0. The monoisotopic (exact) mass is 217 g/mol. The Morgan fingerprint density at radius 2 is 1.87 bits per heavy atom. The minimum Gasteiger partial charge on any atom is -0.207 e. The Labute approximate surface area is 93.1 Å². The smallest absolute Gasteiger partial charge is 0.124 e. The van der Waals surface area contributed by atoms with Crippen molar-refractivity contribution in [3.05, 3.63) is 59.9 Å². The van der Waals surface area contributed by atoms with Gasteiger partial charge in [-0.1, -0.05) is 30.0 Å². The van der Waals surface area contributed by atoms with Gasteiger partial charge in [-0.15, -0.1) is 0 Å². The van der Waals surface area contributed by atoms with E-state index in [-0.39, 0.29) is 5.82 Å². The van der Waals surface area contributed by atoms with E-state index < -0.39 is 0 Å². The first kappa shape index (κ1) is 10.2. The van der Waals surface area contributed by atoms with Crippen LogP contribution in [0.3, 0.4) is 0 Å². The van der Waals surface area contributed by atoms with Gasteiger partial charge in [0, 0.05) is 9.79 Å². The van der Waals surface area contributed by atoms with Crippen LogP contribution in [0.1, 0.15) is 5.56 Å². The Morgan fingerprint density at radius 3 is 2.60 bits per heavy atom. The molecule has 0 saturated carbocycles. The van der Waals surface area contributed by atoms with Gasteiger partial charge in [0.25, 0.3) is 0 Å². The van der Waals surface area contributed by atoms with Gasteiger partial charge in [-0.25, -0.2) is 4.39 Å². The molecule has 0 amide bonds. The summed E-state index contributed by atoms with van der Waals surface area (Å²) in [5.41, 5.74) is 1.09. The van der Waals surface area contributed by atoms with Gasteiger partial charge in [-0.05, 0) is 42.8 Å². The summed E-state index contributed by atoms with van der Waals surface area (Å²) in [7, 11) is 0. The van der Waals surface area contributed by atoms with Gasteiger partial charge in [0.15, 0.2) is 0 Å². The van der Waals surface area contributed by atoms with Crippen LogP contribution in [0.4, 0.5) is 4.39 Å². The lowest BCUT2D eigenvalue weighted by molar-refractivity contribution is 0.623. The maximum Gasteiger partial charge on any atom is 0.124 e. The Morgan fingerprint density at radius 1 is 1.13 bits per heavy atom. The Bertz CT molecular complexity index is 451. The van der Waals surface area contributed by atoms with Crippen molar-refractivity contribution in [3.8, 4) is 0 Å². The van der Waals surface area contributed by atoms with E-state index in [9.17, 15) is 4.39 Å². The first-order chi connectivity index (χ1) is 7.25. The molecule has 0 aliphatic carbocycles. The molecular weight excluding hydrogens is 207 g/mol. The molecule has 0 heterocycles. The average Bonchev–Trinajstić information content (AvgIpc) is 2.25. The predicted molar refractivity (Wildman–Crippen MR) is 60.5 cm³/mol. The van der Waals surface area contributed by atoms with Gasteiger partial charge < -0.3 is 0 Å². The second kappa shape index (κ2) is 4.49. The first-order valence-corrected chi connectivity index (χ1v) is 5.47. The molecule has 0 N–H and O–H groups in total. The maximum absolute atomic E-state index is 13.0. The summed E-state index contributed by atoms with van der Waals surface area (Å²) in [6, 6.07) is 15.5. The maximum atomic E-state index is 13.0. The van der Waals surface area contributed by atoms with E-state index >= 15 is 0 Å². The molecule has 15 heavy (non-hydrogen) atoms. The normalized spacial score (nSPS) is 10.3. The Kier molecular flexibility index (Phi) is 3.07. The van der Waals surface area contributed by atoms with Crippen LogP contribution in [0.5, 0.6) is 0 Å². The van der Waals surface area contributed by atoms with Crippen LogP contribution in [0.15, 0.2) is 52.3 Å². The highest BCUT2D eigenvalue weighted by Gasteiger charge is 2.02. The van der Waals surface area contributed by atoms with Crippen LogP contribution in [-0.4, -0.2) is 0 Å². The zero-order chi connectivity index (χ0) is 10.7. The highest BCUT2D eigenvalue weighted by atomic mass is 32.2. The summed E-state index contributed by atoms with van der Waals surface area (Å²) in [6.07, 6.45) is 0. The van der Waals surface area contributed by atoms with Crippen LogP contribution in [-0.2, 0) is 0 Å². The SMILES string of the molecule is Cc1ccc(F)cc1Sc1cc[c]cc1. The summed E-state index contributed by atoms with van der Waals surface area (Å²) < 4.78 is 13.0. The Hall–Kier alpha value is -1.28. The number of benzene rings is 2. The molecule has 0 atom stereocenters. The first-order valence-electron chi connectivity index (χ1n) is 4.66. The number of halogens is 1. The fraction of sp³-hybridized carbons (Fsp3) is 0.0769. The molecule has 1 radical (unpaired) electrons. The van der Waals surface area contributed by atoms with E-state index in [4.69, 9.17) is 0 Å². The molecule has 0 aromatic heterocycles. The second-order valence-electron chi connectivity index (χ2n) is 3.25. The van der Waals surface area contributed by atoms with Crippen molar-refractivity contribution in [2.75, 3.05) is 0 Å². The van der Waals surface area contributed by atoms with Crippen molar-refractivity contribution in [2.45, 2.75) is 16.7 Å². The fourth-order valence-electron chi connectivity index (χ4n) is 1.25. The molecule has 75 valence electrons. The molecular formula is C13H10FS. The largest absolute Gasteiger partial charge is 0.207 e. The number of hydrogen-bond acceptors (Lipinski definition) is 1. The van der Waals surface area contributed by atoms with Crippen LogP contribution in [0.25, 0.3) is 0 Å². The van der Waals surface area contributed by atoms with Gasteiger partial charge in [0.2, 0.25) is 0 Å². The van der Waals surface area contributed by atoms with E-state index in [2.05, 4.69) is 6.07 Å². The highest BCUT2D eigenvalue weighted by molar-refractivity contribution is 7.99. The minimum absolute atomic E-state index is 0.189. The lowest BCUT2D eigenvalue weighted by Crippen LogP contribution is -1.82. The molecule has 0 saturated heterocycles. The molecule has 0 unspecified atom stereocenters. The zero-order valence-corrected chi connectivity index (χ0v) is 9.14. The van der Waals surface area contributed by atoms with Crippen molar-refractivity contribution < 1.29 is 4.39 Å². The zero-order valence-electron chi connectivity index (χ0n) is 8.33. The Balaban J connectivity index is 2.28. The van der Waals surface area contributed by atoms with Gasteiger partial charge in [-0.3, -0.25) is 0 Å². The molecule has 0 bridgehead atoms. The standard InChI is InChI=1S/C13H10FS/c1-10-7-8-11(14)9-13(10)15-12-5-3-2-4-6-12/h3-9H,1H3. The summed E-state index contributed by atoms with van der Waals surface area (Å²) in [5.74, 6) is -0.189. The van der Waals surface area contributed by atoms with Crippen molar-refractivity contribution in [2.24, 2.45) is 0 Å². The fourth-order valence-corrected chi connectivity index (χ4v) is 2.18. The van der Waals surface area contributed by atoms with Crippen LogP contribution in [0.2, 0.25) is 0 Å². The summed E-state index contributed by atoms with van der Waals surface area (Å²) in [4.78, 5) is 2.06. The van der Waals surface area contributed by atoms with E-state index in [1.54, 1.807) is 23.9 Å². The van der Waals surface area contributed by atoms with E-state index in [0.29, 0.717) is 0 Å². The van der Waals surface area contributed by atoms with E-state index in [0.717, 1.165) is 15.4 Å². The third-order valence-corrected chi connectivity index (χ3v) is 3.23. The van der Waals surface area contributed by atoms with E-state index in [1.807, 2.05) is 31.2 Å². The van der Waals surface area contributed by atoms with Gasteiger partial charge in [0.1, 0.15) is 5.82 Å².